The maximum Gasteiger partial charge on any atom is 0.310 e. The predicted molar refractivity (Wildman–Crippen MR) is 71.9 cm³/mol. The fraction of sp³-hybridized carbons (Fsp3) is 0.235. The summed E-state index contributed by atoms with van der Waals surface area (Å²) < 4.78 is 5.29. The highest BCUT2D eigenvalue weighted by molar-refractivity contribution is 5.80. The van der Waals surface area contributed by atoms with E-state index in [9.17, 15) is 4.79 Å². The van der Waals surface area contributed by atoms with Crippen LogP contribution in [0.25, 0.3) is 0 Å². The van der Waals surface area contributed by atoms with Gasteiger partial charge in [0.05, 0.1) is 12.5 Å². The summed E-state index contributed by atoms with van der Waals surface area (Å²) >= 11 is 0. The average Bonchev–Trinajstić information content (AvgIpc) is 2.99. The second kappa shape index (κ2) is 3.95. The fourth-order valence-electron chi connectivity index (χ4n) is 3.56. The van der Waals surface area contributed by atoms with Crippen LogP contribution in [-0.2, 0) is 9.53 Å². The monoisotopic (exact) mass is 250 g/mol. The summed E-state index contributed by atoms with van der Waals surface area (Å²) in [6, 6.07) is 18.7. The van der Waals surface area contributed by atoms with Gasteiger partial charge in [0.2, 0.25) is 0 Å². The molecule has 1 fully saturated rings. The summed E-state index contributed by atoms with van der Waals surface area (Å²) in [4.78, 5) is 12.1. The Kier molecular flexibility index (Phi) is 2.25. The molecular weight excluding hydrogens is 236 g/mol. The van der Waals surface area contributed by atoms with Crippen molar-refractivity contribution in [3.05, 3.63) is 71.3 Å². The Morgan fingerprint density at radius 3 is 2.37 bits per heavy atom. The molecule has 3 atom stereocenters. The standard InChI is InChI=1S/C17H14O2/c18-17-16-14(10-19-17)12-8-4-5-9-13(12)15(16)11-6-2-1-3-7-11/h1-9,14-16H,10H2/t14-,15-,16-/m1/s1. The van der Waals surface area contributed by atoms with Crippen LogP contribution >= 0.6 is 0 Å². The van der Waals surface area contributed by atoms with Crippen LogP contribution in [0.2, 0.25) is 0 Å². The van der Waals surface area contributed by atoms with Crippen molar-refractivity contribution in [3.8, 4) is 0 Å². The Morgan fingerprint density at radius 2 is 1.58 bits per heavy atom. The van der Waals surface area contributed by atoms with Gasteiger partial charge in [0.1, 0.15) is 0 Å². The van der Waals surface area contributed by atoms with Crippen molar-refractivity contribution in [1.82, 2.24) is 0 Å². The molecule has 1 aliphatic carbocycles. The topological polar surface area (TPSA) is 26.3 Å². The Labute approximate surface area is 112 Å². The predicted octanol–water partition coefficient (Wildman–Crippen LogP) is 3.09. The van der Waals surface area contributed by atoms with Crippen molar-refractivity contribution in [3.63, 3.8) is 0 Å². The number of carbonyl (C=O) groups is 1. The molecule has 0 amide bonds. The van der Waals surface area contributed by atoms with Crippen LogP contribution < -0.4 is 0 Å². The van der Waals surface area contributed by atoms with E-state index in [1.807, 2.05) is 24.3 Å². The Hall–Kier alpha value is -2.09. The van der Waals surface area contributed by atoms with E-state index in [0.29, 0.717) is 6.61 Å². The normalized spacial score (nSPS) is 27.8. The maximum absolute atomic E-state index is 12.1. The van der Waals surface area contributed by atoms with Crippen molar-refractivity contribution < 1.29 is 9.53 Å². The molecule has 1 saturated heterocycles. The van der Waals surface area contributed by atoms with Gasteiger partial charge in [-0.05, 0) is 16.7 Å². The molecule has 0 radical (unpaired) electrons. The van der Waals surface area contributed by atoms with Gasteiger partial charge in [0, 0.05) is 11.8 Å². The minimum atomic E-state index is -0.0462. The molecule has 0 aromatic heterocycles. The summed E-state index contributed by atoms with van der Waals surface area (Å²) in [5, 5.41) is 0. The zero-order valence-electron chi connectivity index (χ0n) is 10.5. The minimum Gasteiger partial charge on any atom is -0.465 e. The van der Waals surface area contributed by atoms with Gasteiger partial charge in [0.15, 0.2) is 0 Å². The first kappa shape index (κ1) is 10.8. The molecule has 94 valence electrons. The summed E-state index contributed by atoms with van der Waals surface area (Å²) in [5.74, 6) is 0.293. The average molecular weight is 250 g/mol. The first-order valence-corrected chi connectivity index (χ1v) is 6.66. The van der Waals surface area contributed by atoms with E-state index in [1.165, 1.54) is 16.7 Å². The highest BCUT2D eigenvalue weighted by Gasteiger charge is 2.50. The first-order valence-electron chi connectivity index (χ1n) is 6.66. The molecule has 1 heterocycles. The lowest BCUT2D eigenvalue weighted by atomic mass is 9.84. The van der Waals surface area contributed by atoms with Gasteiger partial charge in [-0.1, -0.05) is 54.6 Å². The maximum atomic E-state index is 12.1. The Bertz CT molecular complexity index is 633. The number of cyclic esters (lactones) is 1. The zero-order chi connectivity index (χ0) is 12.8. The first-order chi connectivity index (χ1) is 9.36. The minimum absolute atomic E-state index is 0.0419. The van der Waals surface area contributed by atoms with E-state index in [0.717, 1.165) is 0 Å². The second-order valence-corrected chi connectivity index (χ2v) is 5.28. The van der Waals surface area contributed by atoms with Crippen LogP contribution in [0.4, 0.5) is 0 Å². The summed E-state index contributed by atoms with van der Waals surface area (Å²) in [6.45, 7) is 0.532. The molecule has 0 spiro atoms. The van der Waals surface area contributed by atoms with E-state index in [4.69, 9.17) is 4.74 Å². The molecule has 4 rings (SSSR count). The third-order valence-corrected chi connectivity index (χ3v) is 4.36. The van der Waals surface area contributed by atoms with Gasteiger partial charge in [-0.15, -0.1) is 0 Å². The zero-order valence-corrected chi connectivity index (χ0v) is 10.5. The summed E-state index contributed by atoms with van der Waals surface area (Å²) in [5.41, 5.74) is 3.79. The number of hydrogen-bond donors (Lipinski definition) is 0. The van der Waals surface area contributed by atoms with Crippen LogP contribution in [0.3, 0.4) is 0 Å². The molecule has 19 heavy (non-hydrogen) atoms. The molecule has 0 unspecified atom stereocenters. The third-order valence-electron chi connectivity index (χ3n) is 4.36. The third kappa shape index (κ3) is 1.46. The molecule has 0 N–H and O–H groups in total. The Morgan fingerprint density at radius 1 is 0.895 bits per heavy atom. The van der Waals surface area contributed by atoms with Gasteiger partial charge in [-0.25, -0.2) is 0 Å². The van der Waals surface area contributed by atoms with Crippen molar-refractivity contribution in [2.75, 3.05) is 6.61 Å². The van der Waals surface area contributed by atoms with Gasteiger partial charge in [-0.3, -0.25) is 4.79 Å². The molecule has 2 heteroatoms. The highest BCUT2D eigenvalue weighted by Crippen LogP contribution is 2.52. The smallest absolute Gasteiger partial charge is 0.310 e. The quantitative estimate of drug-likeness (QED) is 0.727. The molecule has 2 aromatic rings. The largest absolute Gasteiger partial charge is 0.465 e. The van der Waals surface area contributed by atoms with Crippen LogP contribution in [0.15, 0.2) is 54.6 Å². The summed E-state index contributed by atoms with van der Waals surface area (Å²) in [6.07, 6.45) is 0. The number of ether oxygens (including phenoxy) is 1. The second-order valence-electron chi connectivity index (χ2n) is 5.28. The van der Waals surface area contributed by atoms with Crippen molar-refractivity contribution in [2.24, 2.45) is 5.92 Å². The van der Waals surface area contributed by atoms with Gasteiger partial charge >= 0.3 is 5.97 Å². The number of benzene rings is 2. The van der Waals surface area contributed by atoms with Crippen molar-refractivity contribution in [1.29, 1.82) is 0 Å². The molecule has 0 saturated carbocycles. The van der Waals surface area contributed by atoms with Crippen molar-refractivity contribution in [2.45, 2.75) is 11.8 Å². The SMILES string of the molecule is O=C1OC[C@@H]2c3ccccc3[C@@H](c3ccccc3)[C@H]12. The molecule has 2 aromatic carbocycles. The molecular formula is C17H14O2. The number of fused-ring (bicyclic) bond motifs is 3. The van der Waals surface area contributed by atoms with Crippen LogP contribution in [-0.4, -0.2) is 12.6 Å². The number of hydrogen-bond acceptors (Lipinski definition) is 2. The van der Waals surface area contributed by atoms with E-state index >= 15 is 0 Å². The number of esters is 1. The van der Waals surface area contributed by atoms with Crippen LogP contribution in [0.5, 0.6) is 0 Å². The van der Waals surface area contributed by atoms with E-state index in [1.54, 1.807) is 0 Å². The van der Waals surface area contributed by atoms with Crippen LogP contribution in [0.1, 0.15) is 28.5 Å². The molecule has 2 aliphatic rings. The lowest BCUT2D eigenvalue weighted by Crippen LogP contribution is -2.17. The number of rotatable bonds is 1. The van der Waals surface area contributed by atoms with Crippen LogP contribution in [0, 0.1) is 5.92 Å². The molecule has 0 bridgehead atoms. The Balaban J connectivity index is 1.91. The van der Waals surface area contributed by atoms with Crippen molar-refractivity contribution >= 4 is 5.97 Å². The fourth-order valence-corrected chi connectivity index (χ4v) is 3.56. The summed E-state index contributed by atoms with van der Waals surface area (Å²) in [7, 11) is 0. The van der Waals surface area contributed by atoms with Gasteiger partial charge in [-0.2, -0.15) is 0 Å². The number of carbonyl (C=O) groups excluding carboxylic acids is 1. The van der Waals surface area contributed by atoms with E-state index in [-0.39, 0.29) is 23.7 Å². The highest BCUT2D eigenvalue weighted by atomic mass is 16.5. The molecule has 1 aliphatic heterocycles. The van der Waals surface area contributed by atoms with Gasteiger partial charge < -0.3 is 4.74 Å². The van der Waals surface area contributed by atoms with E-state index in [2.05, 4.69) is 30.3 Å². The van der Waals surface area contributed by atoms with E-state index < -0.39 is 0 Å². The molecule has 2 nitrogen and oxygen atoms in total. The lowest BCUT2D eigenvalue weighted by molar-refractivity contribution is -0.141. The lowest BCUT2D eigenvalue weighted by Gasteiger charge is -2.17. The van der Waals surface area contributed by atoms with Gasteiger partial charge in [0.25, 0.3) is 0 Å².